The number of nitrogens with one attached hydrogen (secondary N) is 1. The topological polar surface area (TPSA) is 49.4 Å². The van der Waals surface area contributed by atoms with Gasteiger partial charge in [-0.25, -0.2) is 0 Å². The Hall–Kier alpha value is -2.05. The third kappa shape index (κ3) is 4.72. The molecule has 2 amide bonds. The molecule has 132 valence electrons. The Labute approximate surface area is 139 Å². The third-order valence-electron chi connectivity index (χ3n) is 4.19. The van der Waals surface area contributed by atoms with Crippen molar-refractivity contribution < 1.29 is 22.8 Å². The molecule has 24 heavy (non-hydrogen) atoms. The van der Waals surface area contributed by atoms with Crippen LogP contribution in [0.25, 0.3) is 0 Å². The molecule has 1 aromatic carbocycles. The monoisotopic (exact) mass is 342 g/mol. The number of nitrogens with zero attached hydrogens (tertiary/aromatic N) is 1. The second-order valence-corrected chi connectivity index (χ2v) is 6.18. The summed E-state index contributed by atoms with van der Waals surface area (Å²) in [4.78, 5) is 25.9. The van der Waals surface area contributed by atoms with Crippen LogP contribution in [0.2, 0.25) is 0 Å². The molecule has 1 saturated heterocycles. The van der Waals surface area contributed by atoms with E-state index in [0.717, 1.165) is 16.7 Å². The van der Waals surface area contributed by atoms with Gasteiger partial charge in [0.05, 0.1) is 6.42 Å². The smallest absolute Gasteiger partial charge is 0.345 e. The summed E-state index contributed by atoms with van der Waals surface area (Å²) in [6.45, 7) is 2.85. The van der Waals surface area contributed by atoms with Crippen LogP contribution in [0.1, 0.15) is 29.5 Å². The quantitative estimate of drug-likeness (QED) is 0.914. The van der Waals surface area contributed by atoms with Gasteiger partial charge in [0.15, 0.2) is 0 Å². The van der Waals surface area contributed by atoms with Crippen LogP contribution in [-0.4, -0.2) is 42.0 Å². The summed E-state index contributed by atoms with van der Waals surface area (Å²) in [5.41, 5.74) is 2.89. The number of halogens is 3. The number of carbonyl (C=O) groups is 2. The zero-order valence-corrected chi connectivity index (χ0v) is 13.7. The van der Waals surface area contributed by atoms with Crippen molar-refractivity contribution in [1.82, 2.24) is 10.2 Å². The lowest BCUT2D eigenvalue weighted by atomic mass is 10.0. The van der Waals surface area contributed by atoms with Crippen molar-refractivity contribution in [3.05, 3.63) is 34.9 Å². The van der Waals surface area contributed by atoms with E-state index >= 15 is 0 Å². The summed E-state index contributed by atoms with van der Waals surface area (Å²) in [7, 11) is 0. The highest BCUT2D eigenvalue weighted by Crippen LogP contribution is 2.21. The fourth-order valence-corrected chi connectivity index (χ4v) is 2.90. The lowest BCUT2D eigenvalue weighted by Crippen LogP contribution is -2.48. The highest BCUT2D eigenvalue weighted by atomic mass is 19.4. The molecule has 0 radical (unpaired) electrons. The molecular formula is C17H21F3N2O2. The molecule has 1 atom stereocenters. The van der Waals surface area contributed by atoms with Crippen molar-refractivity contribution in [1.29, 1.82) is 0 Å². The van der Waals surface area contributed by atoms with Gasteiger partial charge < -0.3 is 10.2 Å². The van der Waals surface area contributed by atoms with Gasteiger partial charge in [0.25, 0.3) is 0 Å². The average Bonchev–Trinajstić information content (AvgIpc) is 2.97. The molecular weight excluding hydrogens is 321 g/mol. The molecule has 0 unspecified atom stereocenters. The number of alkyl halides is 3. The largest absolute Gasteiger partial charge is 0.405 e. The summed E-state index contributed by atoms with van der Waals surface area (Å²) in [6, 6.07) is 4.98. The summed E-state index contributed by atoms with van der Waals surface area (Å²) >= 11 is 0. The van der Waals surface area contributed by atoms with E-state index < -0.39 is 24.7 Å². The zero-order chi connectivity index (χ0) is 17.9. The van der Waals surface area contributed by atoms with Gasteiger partial charge in [0, 0.05) is 6.54 Å². The Morgan fingerprint density at radius 3 is 2.67 bits per heavy atom. The molecule has 1 aliphatic heterocycles. The number of rotatable bonds is 4. The van der Waals surface area contributed by atoms with E-state index in [4.69, 9.17) is 0 Å². The molecule has 0 aliphatic carbocycles. The minimum absolute atomic E-state index is 0.149. The standard InChI is InChI=1S/C17H21F3N2O2/c1-11-5-6-12(2)13(8-11)9-15(23)22-7-3-4-14(22)16(24)21-10-17(18,19)20/h5-6,8,14H,3-4,7,9-10H2,1-2H3,(H,21,24)/t14-/m1/s1. The first kappa shape index (κ1) is 18.3. The van der Waals surface area contributed by atoms with Crippen LogP contribution in [0.4, 0.5) is 13.2 Å². The highest BCUT2D eigenvalue weighted by Gasteiger charge is 2.36. The third-order valence-corrected chi connectivity index (χ3v) is 4.19. The molecule has 0 bridgehead atoms. The van der Waals surface area contributed by atoms with Gasteiger partial charge in [-0.2, -0.15) is 13.2 Å². The minimum Gasteiger partial charge on any atom is -0.345 e. The molecule has 1 aromatic rings. The Balaban J connectivity index is 2.02. The van der Waals surface area contributed by atoms with Gasteiger partial charge in [0.1, 0.15) is 12.6 Å². The molecule has 1 aliphatic rings. The predicted molar refractivity (Wildman–Crippen MR) is 83.4 cm³/mol. The molecule has 2 rings (SSSR count). The number of amides is 2. The maximum absolute atomic E-state index is 12.5. The first-order valence-electron chi connectivity index (χ1n) is 7.87. The van der Waals surface area contributed by atoms with Gasteiger partial charge in [-0.15, -0.1) is 0 Å². The van der Waals surface area contributed by atoms with Gasteiger partial charge >= 0.3 is 6.18 Å². The first-order chi connectivity index (χ1) is 11.2. The number of aryl methyl sites for hydroxylation is 2. The van der Waals surface area contributed by atoms with Crippen molar-refractivity contribution in [2.45, 2.75) is 45.3 Å². The summed E-state index contributed by atoms with van der Waals surface area (Å²) < 4.78 is 36.7. The van der Waals surface area contributed by atoms with Crippen molar-refractivity contribution >= 4 is 11.8 Å². The van der Waals surface area contributed by atoms with Crippen molar-refractivity contribution in [3.8, 4) is 0 Å². The van der Waals surface area contributed by atoms with Gasteiger partial charge in [-0.05, 0) is 37.8 Å². The highest BCUT2D eigenvalue weighted by molar-refractivity contribution is 5.89. The molecule has 4 nitrogen and oxygen atoms in total. The van der Waals surface area contributed by atoms with Crippen LogP contribution in [0, 0.1) is 13.8 Å². The maximum Gasteiger partial charge on any atom is 0.405 e. The van der Waals surface area contributed by atoms with Crippen LogP contribution in [0.5, 0.6) is 0 Å². The number of hydrogen-bond donors (Lipinski definition) is 1. The normalized spacial score (nSPS) is 17.9. The Kier molecular flexibility index (Phi) is 5.51. The zero-order valence-electron chi connectivity index (χ0n) is 13.7. The molecule has 0 spiro atoms. The number of carbonyl (C=O) groups excluding carboxylic acids is 2. The number of hydrogen-bond acceptors (Lipinski definition) is 2. The lowest BCUT2D eigenvalue weighted by Gasteiger charge is -2.24. The second kappa shape index (κ2) is 7.23. The Morgan fingerprint density at radius 2 is 2.00 bits per heavy atom. The predicted octanol–water partition coefficient (Wildman–Crippen LogP) is 2.52. The first-order valence-corrected chi connectivity index (χ1v) is 7.87. The number of benzene rings is 1. The van der Waals surface area contributed by atoms with Crippen molar-refractivity contribution in [2.24, 2.45) is 0 Å². The van der Waals surface area contributed by atoms with Crippen LogP contribution < -0.4 is 5.32 Å². The van der Waals surface area contributed by atoms with E-state index in [1.54, 1.807) is 0 Å². The Bertz CT molecular complexity index is 629. The molecule has 7 heteroatoms. The minimum atomic E-state index is -4.46. The van der Waals surface area contributed by atoms with E-state index in [1.165, 1.54) is 4.90 Å². The van der Waals surface area contributed by atoms with Crippen LogP contribution in [0.15, 0.2) is 18.2 Å². The second-order valence-electron chi connectivity index (χ2n) is 6.18. The van der Waals surface area contributed by atoms with Gasteiger partial charge in [0.2, 0.25) is 11.8 Å². The Morgan fingerprint density at radius 1 is 1.29 bits per heavy atom. The van der Waals surface area contributed by atoms with Crippen LogP contribution in [-0.2, 0) is 16.0 Å². The van der Waals surface area contributed by atoms with Crippen LogP contribution >= 0.6 is 0 Å². The maximum atomic E-state index is 12.5. The van der Waals surface area contributed by atoms with E-state index in [0.29, 0.717) is 19.4 Å². The van der Waals surface area contributed by atoms with E-state index in [1.807, 2.05) is 37.4 Å². The average molecular weight is 342 g/mol. The lowest BCUT2D eigenvalue weighted by molar-refractivity contribution is -0.144. The van der Waals surface area contributed by atoms with E-state index in [9.17, 15) is 22.8 Å². The number of likely N-dealkylation sites (tertiary alicyclic amines) is 1. The van der Waals surface area contributed by atoms with Gasteiger partial charge in [-0.3, -0.25) is 9.59 Å². The summed E-state index contributed by atoms with van der Waals surface area (Å²) in [5.74, 6) is -0.965. The van der Waals surface area contributed by atoms with Gasteiger partial charge in [-0.1, -0.05) is 23.8 Å². The SMILES string of the molecule is Cc1ccc(C)c(CC(=O)N2CCC[C@@H]2C(=O)NCC(F)(F)F)c1. The van der Waals surface area contributed by atoms with Crippen molar-refractivity contribution in [3.63, 3.8) is 0 Å². The summed E-state index contributed by atoms with van der Waals surface area (Å²) in [5, 5.41) is 1.88. The summed E-state index contributed by atoms with van der Waals surface area (Å²) in [6.07, 6.45) is -3.30. The van der Waals surface area contributed by atoms with E-state index in [2.05, 4.69) is 0 Å². The molecule has 0 saturated carbocycles. The molecule has 1 N–H and O–H groups in total. The molecule has 1 fully saturated rings. The van der Waals surface area contributed by atoms with Crippen LogP contribution in [0.3, 0.4) is 0 Å². The van der Waals surface area contributed by atoms with Crippen molar-refractivity contribution in [2.75, 3.05) is 13.1 Å². The fraction of sp³-hybridized carbons (Fsp3) is 0.529. The molecule has 1 heterocycles. The van der Waals surface area contributed by atoms with E-state index in [-0.39, 0.29) is 12.3 Å². The molecule has 0 aromatic heterocycles. The fourth-order valence-electron chi connectivity index (χ4n) is 2.90.